The van der Waals surface area contributed by atoms with Gasteiger partial charge in [-0.25, -0.2) is 9.97 Å². The second-order valence-corrected chi connectivity index (χ2v) is 6.65. The summed E-state index contributed by atoms with van der Waals surface area (Å²) in [4.78, 5) is 13.0. The fraction of sp³-hybridized carbons (Fsp3) is 0.600. The standard InChI is InChI=1S/C15H20N4OS/c1-16-14-10-5-8-21-15(10)18-13(17-14)9-19-6-7-20-12-4-2-3-11(12)19/h5,8,11-12H,2-4,6-7,9H2,1H3,(H,16,17,18). The van der Waals surface area contributed by atoms with E-state index < -0.39 is 0 Å². The van der Waals surface area contributed by atoms with Crippen LogP contribution in [0.2, 0.25) is 0 Å². The average Bonchev–Trinajstić information content (AvgIpc) is 3.15. The first-order chi connectivity index (χ1) is 10.3. The fourth-order valence-electron chi connectivity index (χ4n) is 3.54. The van der Waals surface area contributed by atoms with Crippen LogP contribution in [0.3, 0.4) is 0 Å². The van der Waals surface area contributed by atoms with Gasteiger partial charge in [0.25, 0.3) is 0 Å². The molecular weight excluding hydrogens is 284 g/mol. The Kier molecular flexibility index (Phi) is 3.52. The van der Waals surface area contributed by atoms with Crippen LogP contribution in [0.1, 0.15) is 25.1 Å². The maximum absolute atomic E-state index is 5.88. The van der Waals surface area contributed by atoms with E-state index in [4.69, 9.17) is 14.7 Å². The van der Waals surface area contributed by atoms with Crippen LogP contribution in [0.25, 0.3) is 10.2 Å². The topological polar surface area (TPSA) is 50.3 Å². The third-order valence-electron chi connectivity index (χ3n) is 4.55. The predicted molar refractivity (Wildman–Crippen MR) is 84.8 cm³/mol. The first-order valence-electron chi connectivity index (χ1n) is 7.62. The van der Waals surface area contributed by atoms with Crippen molar-refractivity contribution in [2.24, 2.45) is 0 Å². The lowest BCUT2D eigenvalue weighted by atomic mass is 10.1. The van der Waals surface area contributed by atoms with Crippen molar-refractivity contribution < 1.29 is 4.74 Å². The number of anilines is 1. The number of nitrogens with zero attached hydrogens (tertiary/aromatic N) is 3. The van der Waals surface area contributed by atoms with Crippen molar-refractivity contribution in [3.05, 3.63) is 17.3 Å². The molecule has 0 aromatic carbocycles. The number of fused-ring (bicyclic) bond motifs is 2. The Labute approximate surface area is 128 Å². The predicted octanol–water partition coefficient (Wildman–Crippen LogP) is 2.49. The highest BCUT2D eigenvalue weighted by molar-refractivity contribution is 7.16. The SMILES string of the molecule is CNc1nc(CN2CCOC3CCCC32)nc2sccc12. The third-order valence-corrected chi connectivity index (χ3v) is 5.36. The van der Waals surface area contributed by atoms with Gasteiger partial charge in [-0.2, -0.15) is 0 Å². The lowest BCUT2D eigenvalue weighted by Crippen LogP contribution is -2.48. The zero-order chi connectivity index (χ0) is 14.2. The Morgan fingerprint density at radius 3 is 3.29 bits per heavy atom. The quantitative estimate of drug-likeness (QED) is 0.944. The average molecular weight is 304 g/mol. The van der Waals surface area contributed by atoms with E-state index in [1.807, 2.05) is 7.05 Å². The Balaban J connectivity index is 1.61. The number of thiophene rings is 1. The molecule has 1 N–H and O–H groups in total. The van der Waals surface area contributed by atoms with Crippen molar-refractivity contribution in [3.8, 4) is 0 Å². The van der Waals surface area contributed by atoms with E-state index in [9.17, 15) is 0 Å². The highest BCUT2D eigenvalue weighted by Crippen LogP contribution is 2.31. The Morgan fingerprint density at radius 1 is 1.43 bits per heavy atom. The molecule has 1 aliphatic carbocycles. The first kappa shape index (κ1) is 13.4. The largest absolute Gasteiger partial charge is 0.375 e. The lowest BCUT2D eigenvalue weighted by Gasteiger charge is -2.37. The summed E-state index contributed by atoms with van der Waals surface area (Å²) < 4.78 is 5.88. The van der Waals surface area contributed by atoms with Crippen LogP contribution in [0.15, 0.2) is 11.4 Å². The van der Waals surface area contributed by atoms with Crippen molar-refractivity contribution in [2.75, 3.05) is 25.5 Å². The van der Waals surface area contributed by atoms with Gasteiger partial charge in [0.15, 0.2) is 0 Å². The van der Waals surface area contributed by atoms with Crippen LogP contribution < -0.4 is 5.32 Å². The Hall–Kier alpha value is -1.24. The molecule has 5 nitrogen and oxygen atoms in total. The van der Waals surface area contributed by atoms with Crippen LogP contribution in [-0.2, 0) is 11.3 Å². The minimum absolute atomic E-state index is 0.424. The molecule has 0 bridgehead atoms. The van der Waals surface area contributed by atoms with Crippen molar-refractivity contribution in [1.82, 2.24) is 14.9 Å². The van der Waals surface area contributed by atoms with Crippen LogP contribution in [-0.4, -0.2) is 47.2 Å². The van der Waals surface area contributed by atoms with Crippen molar-refractivity contribution in [2.45, 2.75) is 38.0 Å². The van der Waals surface area contributed by atoms with Crippen LogP contribution in [0.5, 0.6) is 0 Å². The van der Waals surface area contributed by atoms with Gasteiger partial charge in [-0.15, -0.1) is 11.3 Å². The summed E-state index contributed by atoms with van der Waals surface area (Å²) >= 11 is 1.68. The molecule has 0 spiro atoms. The molecule has 112 valence electrons. The summed E-state index contributed by atoms with van der Waals surface area (Å²) in [5.41, 5.74) is 0. The van der Waals surface area contributed by atoms with E-state index >= 15 is 0 Å². The van der Waals surface area contributed by atoms with Crippen LogP contribution in [0.4, 0.5) is 5.82 Å². The highest BCUT2D eigenvalue weighted by Gasteiger charge is 2.36. The van der Waals surface area contributed by atoms with Crippen LogP contribution in [0, 0.1) is 0 Å². The number of hydrogen-bond donors (Lipinski definition) is 1. The number of rotatable bonds is 3. The van der Waals surface area contributed by atoms with Gasteiger partial charge in [0.05, 0.1) is 24.6 Å². The molecule has 4 rings (SSSR count). The Bertz CT molecular complexity index is 644. The fourth-order valence-corrected chi connectivity index (χ4v) is 4.33. The van der Waals surface area contributed by atoms with Crippen LogP contribution >= 0.6 is 11.3 Å². The second-order valence-electron chi connectivity index (χ2n) is 5.76. The van der Waals surface area contributed by atoms with Crippen molar-refractivity contribution >= 4 is 27.4 Å². The summed E-state index contributed by atoms with van der Waals surface area (Å²) in [6, 6.07) is 2.64. The minimum Gasteiger partial charge on any atom is -0.375 e. The summed E-state index contributed by atoms with van der Waals surface area (Å²) in [5, 5.41) is 6.39. The van der Waals surface area contributed by atoms with Gasteiger partial charge in [0.1, 0.15) is 16.5 Å². The molecule has 0 radical (unpaired) electrons. The molecule has 2 atom stereocenters. The maximum atomic E-state index is 5.88. The van der Waals surface area contributed by atoms with E-state index in [0.717, 1.165) is 41.6 Å². The van der Waals surface area contributed by atoms with Gasteiger partial charge in [-0.1, -0.05) is 0 Å². The third kappa shape index (κ3) is 2.41. The van der Waals surface area contributed by atoms with Gasteiger partial charge in [-0.3, -0.25) is 4.90 Å². The van der Waals surface area contributed by atoms with Gasteiger partial charge >= 0.3 is 0 Å². The van der Waals surface area contributed by atoms with Crippen molar-refractivity contribution in [1.29, 1.82) is 0 Å². The highest BCUT2D eigenvalue weighted by atomic mass is 32.1. The van der Waals surface area contributed by atoms with Crippen molar-refractivity contribution in [3.63, 3.8) is 0 Å². The molecule has 1 aliphatic heterocycles. The number of nitrogens with one attached hydrogen (secondary N) is 1. The van der Waals surface area contributed by atoms with E-state index in [0.29, 0.717) is 12.1 Å². The number of hydrogen-bond acceptors (Lipinski definition) is 6. The summed E-state index contributed by atoms with van der Waals surface area (Å²) in [6.45, 7) is 2.65. The molecule has 2 unspecified atom stereocenters. The monoisotopic (exact) mass is 304 g/mol. The number of morpholine rings is 1. The molecule has 1 saturated heterocycles. The minimum atomic E-state index is 0.424. The number of aromatic nitrogens is 2. The summed E-state index contributed by atoms with van der Waals surface area (Å²) in [6.07, 6.45) is 4.14. The lowest BCUT2D eigenvalue weighted by molar-refractivity contribution is -0.0595. The zero-order valence-corrected chi connectivity index (χ0v) is 13.0. The van der Waals surface area contributed by atoms with Gasteiger partial charge in [-0.05, 0) is 30.7 Å². The maximum Gasteiger partial charge on any atom is 0.146 e. The Morgan fingerprint density at radius 2 is 2.38 bits per heavy atom. The molecule has 0 amide bonds. The second kappa shape index (κ2) is 5.51. The van der Waals surface area contributed by atoms with E-state index in [-0.39, 0.29) is 0 Å². The summed E-state index contributed by atoms with van der Waals surface area (Å²) in [7, 11) is 1.92. The molecule has 2 aromatic rings. The molecule has 1 saturated carbocycles. The molecular formula is C15H20N4OS. The summed E-state index contributed by atoms with van der Waals surface area (Å²) in [5.74, 6) is 1.86. The molecule has 6 heteroatoms. The molecule has 21 heavy (non-hydrogen) atoms. The van der Waals surface area contributed by atoms with Gasteiger partial charge in [0.2, 0.25) is 0 Å². The molecule has 2 aromatic heterocycles. The van der Waals surface area contributed by atoms with Gasteiger partial charge in [0, 0.05) is 19.6 Å². The molecule has 3 heterocycles. The smallest absolute Gasteiger partial charge is 0.146 e. The first-order valence-corrected chi connectivity index (χ1v) is 8.50. The van der Waals surface area contributed by atoms with E-state index in [1.54, 1.807) is 11.3 Å². The van der Waals surface area contributed by atoms with Gasteiger partial charge < -0.3 is 10.1 Å². The number of ether oxygens (including phenoxy) is 1. The molecule has 2 aliphatic rings. The molecule has 2 fully saturated rings. The normalized spacial score (nSPS) is 26.1. The van der Waals surface area contributed by atoms with E-state index in [1.165, 1.54) is 19.3 Å². The zero-order valence-electron chi connectivity index (χ0n) is 12.2. The van der Waals surface area contributed by atoms with E-state index in [2.05, 4.69) is 21.7 Å².